The standard InChI is InChI=1S/C28H24N4O2/c1-20-17-22(12-14-26(20)34-23-8-3-2-4-9-23)31-28-24-18-21(11-13-25(24)29-19-30-28)7-5-15-32-16-6-10-27(32)33/h2-4,8-9,11-14,17-19H,6,10,15-16H2,1H3,(H,29,30,31). The molecule has 6 heteroatoms. The molecule has 0 radical (unpaired) electrons. The highest BCUT2D eigenvalue weighted by Gasteiger charge is 2.18. The maximum absolute atomic E-state index is 11.8. The molecule has 4 aromatic rings. The molecule has 0 spiro atoms. The van der Waals surface area contributed by atoms with Crippen LogP contribution >= 0.6 is 0 Å². The van der Waals surface area contributed by atoms with E-state index in [1.165, 1.54) is 0 Å². The number of rotatable bonds is 5. The minimum atomic E-state index is 0.183. The largest absolute Gasteiger partial charge is 0.457 e. The SMILES string of the molecule is Cc1cc(Nc2ncnc3ccc(C#CCN4CCCC4=O)cc23)ccc1Oc1ccccc1. The third-order valence-corrected chi connectivity index (χ3v) is 5.72. The van der Waals surface area contributed by atoms with Gasteiger partial charge in [-0.3, -0.25) is 4.79 Å². The lowest BCUT2D eigenvalue weighted by Gasteiger charge is -2.12. The Morgan fingerprint density at radius 1 is 1.06 bits per heavy atom. The average molecular weight is 449 g/mol. The van der Waals surface area contributed by atoms with Crippen LogP contribution in [0.5, 0.6) is 11.5 Å². The second kappa shape index (κ2) is 9.63. The van der Waals surface area contributed by atoms with E-state index in [4.69, 9.17) is 4.74 Å². The van der Waals surface area contributed by atoms with Crippen LogP contribution in [0.3, 0.4) is 0 Å². The fourth-order valence-corrected chi connectivity index (χ4v) is 3.94. The van der Waals surface area contributed by atoms with Gasteiger partial charge in [0.05, 0.1) is 12.1 Å². The van der Waals surface area contributed by atoms with Crippen molar-refractivity contribution in [1.82, 2.24) is 14.9 Å². The van der Waals surface area contributed by atoms with Crippen LogP contribution in [0.25, 0.3) is 10.9 Å². The summed E-state index contributed by atoms with van der Waals surface area (Å²) in [6.45, 7) is 3.27. The highest BCUT2D eigenvalue weighted by Crippen LogP contribution is 2.30. The minimum Gasteiger partial charge on any atom is -0.457 e. The number of para-hydroxylation sites is 1. The van der Waals surface area contributed by atoms with E-state index in [2.05, 4.69) is 27.1 Å². The van der Waals surface area contributed by atoms with Crippen molar-refractivity contribution in [3.63, 3.8) is 0 Å². The molecule has 3 aromatic carbocycles. The number of nitrogens with one attached hydrogen (secondary N) is 1. The van der Waals surface area contributed by atoms with Crippen molar-refractivity contribution in [1.29, 1.82) is 0 Å². The van der Waals surface area contributed by atoms with E-state index in [1.807, 2.05) is 73.7 Å². The van der Waals surface area contributed by atoms with Crippen molar-refractivity contribution in [3.8, 4) is 23.3 Å². The second-order valence-electron chi connectivity index (χ2n) is 8.20. The maximum Gasteiger partial charge on any atom is 0.223 e. The third-order valence-electron chi connectivity index (χ3n) is 5.72. The van der Waals surface area contributed by atoms with Crippen LogP contribution in [0, 0.1) is 18.8 Å². The van der Waals surface area contributed by atoms with Gasteiger partial charge in [0.15, 0.2) is 0 Å². The zero-order valence-electron chi connectivity index (χ0n) is 18.9. The zero-order valence-corrected chi connectivity index (χ0v) is 18.9. The summed E-state index contributed by atoms with van der Waals surface area (Å²) in [5.74, 6) is 8.79. The molecule has 1 N–H and O–H groups in total. The molecule has 0 saturated carbocycles. The molecule has 0 bridgehead atoms. The number of carbonyl (C=O) groups is 1. The van der Waals surface area contributed by atoms with E-state index in [1.54, 1.807) is 11.2 Å². The lowest BCUT2D eigenvalue weighted by Crippen LogP contribution is -2.24. The second-order valence-corrected chi connectivity index (χ2v) is 8.20. The summed E-state index contributed by atoms with van der Waals surface area (Å²) in [5, 5.41) is 4.29. The molecule has 1 amide bonds. The summed E-state index contributed by atoms with van der Waals surface area (Å²) in [4.78, 5) is 22.4. The van der Waals surface area contributed by atoms with Gasteiger partial charge < -0.3 is 15.0 Å². The van der Waals surface area contributed by atoms with E-state index in [-0.39, 0.29) is 5.91 Å². The van der Waals surface area contributed by atoms with Crippen molar-refractivity contribution >= 4 is 28.3 Å². The van der Waals surface area contributed by atoms with Gasteiger partial charge in [-0.1, -0.05) is 30.0 Å². The van der Waals surface area contributed by atoms with E-state index in [0.29, 0.717) is 18.8 Å². The topological polar surface area (TPSA) is 67.4 Å². The first-order valence-corrected chi connectivity index (χ1v) is 11.3. The fraction of sp³-hybridized carbons (Fsp3) is 0.179. The van der Waals surface area contributed by atoms with Gasteiger partial charge in [0.2, 0.25) is 5.91 Å². The number of anilines is 2. The fourth-order valence-electron chi connectivity index (χ4n) is 3.94. The number of hydrogen-bond donors (Lipinski definition) is 1. The van der Waals surface area contributed by atoms with Crippen molar-refractivity contribution in [3.05, 3.63) is 84.2 Å². The lowest BCUT2D eigenvalue weighted by molar-refractivity contribution is -0.127. The van der Waals surface area contributed by atoms with Gasteiger partial charge in [-0.05, 0) is 67.4 Å². The minimum absolute atomic E-state index is 0.183. The van der Waals surface area contributed by atoms with Crippen LogP contribution < -0.4 is 10.1 Å². The van der Waals surface area contributed by atoms with Crippen LogP contribution in [0.2, 0.25) is 0 Å². The number of carbonyl (C=O) groups excluding carboxylic acids is 1. The van der Waals surface area contributed by atoms with Gasteiger partial charge >= 0.3 is 0 Å². The molecule has 2 heterocycles. The first kappa shape index (κ1) is 21.5. The molecule has 0 aliphatic carbocycles. The van der Waals surface area contributed by atoms with Gasteiger partial charge in [0.1, 0.15) is 23.6 Å². The number of aryl methyl sites for hydroxylation is 1. The Morgan fingerprint density at radius 3 is 2.74 bits per heavy atom. The van der Waals surface area contributed by atoms with Gasteiger partial charge in [-0.15, -0.1) is 0 Å². The normalized spacial score (nSPS) is 13.0. The van der Waals surface area contributed by atoms with Crippen LogP contribution in [0.4, 0.5) is 11.5 Å². The molecule has 5 rings (SSSR count). The van der Waals surface area contributed by atoms with E-state index >= 15 is 0 Å². The third kappa shape index (κ3) is 4.84. The van der Waals surface area contributed by atoms with Crippen molar-refractivity contribution in [2.75, 3.05) is 18.4 Å². The van der Waals surface area contributed by atoms with Gasteiger partial charge in [0, 0.05) is 29.6 Å². The molecule has 34 heavy (non-hydrogen) atoms. The molecular formula is C28H24N4O2. The Bertz CT molecular complexity index is 1410. The summed E-state index contributed by atoms with van der Waals surface area (Å²) in [5.41, 5.74) is 3.61. The first-order valence-electron chi connectivity index (χ1n) is 11.3. The van der Waals surface area contributed by atoms with E-state index < -0.39 is 0 Å². The molecule has 0 unspecified atom stereocenters. The van der Waals surface area contributed by atoms with Crippen LogP contribution in [-0.2, 0) is 4.79 Å². The number of likely N-dealkylation sites (tertiary alicyclic amines) is 1. The molecule has 1 fully saturated rings. The average Bonchev–Trinajstić information content (AvgIpc) is 3.26. The smallest absolute Gasteiger partial charge is 0.223 e. The highest BCUT2D eigenvalue weighted by atomic mass is 16.5. The van der Waals surface area contributed by atoms with Gasteiger partial charge in [-0.2, -0.15) is 0 Å². The molecule has 1 aliphatic rings. The Morgan fingerprint density at radius 2 is 1.94 bits per heavy atom. The maximum atomic E-state index is 11.8. The zero-order chi connectivity index (χ0) is 23.3. The first-order chi connectivity index (χ1) is 16.7. The predicted octanol–water partition coefficient (Wildman–Crippen LogP) is 5.45. The Balaban J connectivity index is 1.35. The Labute approximate surface area is 198 Å². The molecule has 168 valence electrons. The Hall–Kier alpha value is -4.37. The molecule has 0 atom stereocenters. The van der Waals surface area contributed by atoms with E-state index in [9.17, 15) is 4.79 Å². The van der Waals surface area contributed by atoms with Crippen LogP contribution in [-0.4, -0.2) is 33.9 Å². The summed E-state index contributed by atoms with van der Waals surface area (Å²) < 4.78 is 5.99. The van der Waals surface area contributed by atoms with Crippen molar-refractivity contribution in [2.24, 2.45) is 0 Å². The number of amides is 1. The molecule has 6 nitrogen and oxygen atoms in total. The summed E-state index contributed by atoms with van der Waals surface area (Å²) >= 11 is 0. The molecular weight excluding hydrogens is 424 g/mol. The number of ether oxygens (including phenoxy) is 1. The number of nitrogens with zero attached hydrogens (tertiary/aromatic N) is 3. The quantitative estimate of drug-likeness (QED) is 0.411. The highest BCUT2D eigenvalue weighted by molar-refractivity contribution is 5.91. The monoisotopic (exact) mass is 448 g/mol. The summed E-state index contributed by atoms with van der Waals surface area (Å²) in [7, 11) is 0. The molecule has 1 aliphatic heterocycles. The predicted molar refractivity (Wildman–Crippen MR) is 133 cm³/mol. The van der Waals surface area contributed by atoms with Crippen LogP contribution in [0.15, 0.2) is 73.1 Å². The molecule has 1 aromatic heterocycles. The lowest BCUT2D eigenvalue weighted by atomic mass is 10.1. The number of benzene rings is 3. The van der Waals surface area contributed by atoms with Gasteiger partial charge in [0.25, 0.3) is 0 Å². The van der Waals surface area contributed by atoms with Crippen molar-refractivity contribution < 1.29 is 9.53 Å². The van der Waals surface area contributed by atoms with Crippen LogP contribution in [0.1, 0.15) is 24.0 Å². The van der Waals surface area contributed by atoms with Gasteiger partial charge in [-0.25, -0.2) is 9.97 Å². The molecule has 1 saturated heterocycles. The summed E-state index contributed by atoms with van der Waals surface area (Å²) in [6.07, 6.45) is 3.10. The summed E-state index contributed by atoms with van der Waals surface area (Å²) in [6, 6.07) is 21.5. The Kier molecular flexibility index (Phi) is 6.09. The van der Waals surface area contributed by atoms with Crippen molar-refractivity contribution in [2.45, 2.75) is 19.8 Å². The number of hydrogen-bond acceptors (Lipinski definition) is 5. The number of aromatic nitrogens is 2. The van der Waals surface area contributed by atoms with E-state index in [0.717, 1.165) is 52.2 Å². The number of fused-ring (bicyclic) bond motifs is 1.